The smallest absolute Gasteiger partial charge is 0.168 e. The number of hydrogen-bond donors (Lipinski definition) is 1. The van der Waals surface area contributed by atoms with E-state index in [1.807, 2.05) is 18.7 Å². The minimum atomic E-state index is -0.0221. The molecule has 6 heteroatoms. The molecule has 1 unspecified atom stereocenters. The van der Waals surface area contributed by atoms with E-state index in [1.54, 1.807) is 6.08 Å². The zero-order chi connectivity index (χ0) is 16.2. The van der Waals surface area contributed by atoms with Crippen LogP contribution in [0.5, 0.6) is 0 Å². The van der Waals surface area contributed by atoms with Gasteiger partial charge in [0.05, 0.1) is 11.3 Å². The number of hydrogen-bond acceptors (Lipinski definition) is 5. The number of carbonyl (C=O) groups excluding carboxylic acids is 1. The van der Waals surface area contributed by atoms with Crippen LogP contribution in [-0.4, -0.2) is 34.2 Å². The molecule has 22 heavy (non-hydrogen) atoms. The van der Waals surface area contributed by atoms with Crippen LogP contribution in [0.1, 0.15) is 39.0 Å². The molecular formula is C16H22ClNO3S. The van der Waals surface area contributed by atoms with Gasteiger partial charge in [-0.3, -0.25) is 4.79 Å². The number of thioether (sulfide) groups is 1. The van der Waals surface area contributed by atoms with Crippen LogP contribution in [-0.2, 0) is 9.63 Å². The molecule has 0 heterocycles. The lowest BCUT2D eigenvalue weighted by atomic mass is 9.82. The van der Waals surface area contributed by atoms with E-state index in [-0.39, 0.29) is 28.8 Å². The summed E-state index contributed by atoms with van der Waals surface area (Å²) in [4.78, 5) is 17.6. The highest BCUT2D eigenvalue weighted by Crippen LogP contribution is 2.56. The Morgan fingerprint density at radius 1 is 1.55 bits per heavy atom. The molecule has 0 spiro atoms. The summed E-state index contributed by atoms with van der Waals surface area (Å²) in [5.74, 6) is 0.377. The Balaban J connectivity index is 2.14. The number of ketones is 1. The van der Waals surface area contributed by atoms with Crippen molar-refractivity contribution in [3.63, 3.8) is 0 Å². The van der Waals surface area contributed by atoms with Crippen molar-refractivity contribution in [2.45, 2.75) is 43.8 Å². The van der Waals surface area contributed by atoms with Crippen molar-refractivity contribution in [2.24, 2.45) is 11.1 Å². The largest absolute Gasteiger partial charge is 0.511 e. The Hall–Kier alpha value is -0.940. The number of halogens is 1. The van der Waals surface area contributed by atoms with Crippen molar-refractivity contribution >= 4 is 34.9 Å². The summed E-state index contributed by atoms with van der Waals surface area (Å²) in [6, 6.07) is 0. The maximum absolute atomic E-state index is 12.5. The molecular weight excluding hydrogens is 322 g/mol. The monoisotopic (exact) mass is 343 g/mol. The lowest BCUT2D eigenvalue weighted by molar-refractivity contribution is -0.116. The van der Waals surface area contributed by atoms with Gasteiger partial charge in [0.2, 0.25) is 0 Å². The van der Waals surface area contributed by atoms with E-state index in [0.717, 1.165) is 12.8 Å². The Morgan fingerprint density at radius 2 is 2.27 bits per heavy atom. The highest BCUT2D eigenvalue weighted by atomic mass is 35.5. The second kappa shape index (κ2) is 7.55. The van der Waals surface area contributed by atoms with Gasteiger partial charge in [0.25, 0.3) is 0 Å². The molecule has 2 aliphatic carbocycles. The molecule has 0 amide bonds. The van der Waals surface area contributed by atoms with Crippen molar-refractivity contribution in [3.8, 4) is 0 Å². The average Bonchev–Trinajstić information content (AvgIpc) is 3.30. The molecule has 0 saturated heterocycles. The van der Waals surface area contributed by atoms with E-state index >= 15 is 0 Å². The molecule has 0 aromatic heterocycles. The highest BCUT2D eigenvalue weighted by Gasteiger charge is 2.51. The molecule has 2 aliphatic rings. The van der Waals surface area contributed by atoms with E-state index in [0.29, 0.717) is 30.5 Å². The fraction of sp³-hybridized carbons (Fsp3) is 0.625. The number of oxime groups is 1. The summed E-state index contributed by atoms with van der Waals surface area (Å²) in [7, 11) is 0. The van der Waals surface area contributed by atoms with Crippen LogP contribution in [0.2, 0.25) is 0 Å². The van der Waals surface area contributed by atoms with E-state index in [9.17, 15) is 9.90 Å². The Kier molecular flexibility index (Phi) is 5.98. The summed E-state index contributed by atoms with van der Waals surface area (Å²) in [5.41, 5.74) is 2.22. The molecule has 122 valence electrons. The number of nitrogens with zero attached hydrogens (tertiary/aromatic N) is 1. The third kappa shape index (κ3) is 3.69. The van der Waals surface area contributed by atoms with Crippen LogP contribution in [0.15, 0.2) is 28.1 Å². The predicted molar refractivity (Wildman–Crippen MR) is 91.5 cm³/mol. The van der Waals surface area contributed by atoms with Crippen LogP contribution >= 0.6 is 23.4 Å². The van der Waals surface area contributed by atoms with Gasteiger partial charge in [0, 0.05) is 23.1 Å². The van der Waals surface area contributed by atoms with Gasteiger partial charge in [-0.2, -0.15) is 11.8 Å². The topological polar surface area (TPSA) is 58.9 Å². The zero-order valence-corrected chi connectivity index (χ0v) is 14.5. The van der Waals surface area contributed by atoms with Crippen molar-refractivity contribution in [1.29, 1.82) is 0 Å². The Labute approximate surface area is 140 Å². The number of Topliss-reactive ketones (excluding diaryl/α,β-unsaturated/α-hetero) is 1. The number of carbonyl (C=O) groups is 1. The lowest BCUT2D eigenvalue weighted by Crippen LogP contribution is -2.30. The molecule has 0 aromatic rings. The molecule has 0 bridgehead atoms. The minimum Gasteiger partial charge on any atom is -0.511 e. The third-order valence-corrected chi connectivity index (χ3v) is 6.12. The van der Waals surface area contributed by atoms with Crippen LogP contribution in [0.4, 0.5) is 0 Å². The molecule has 1 fully saturated rings. The maximum Gasteiger partial charge on any atom is 0.168 e. The normalized spacial score (nSPS) is 25.0. The summed E-state index contributed by atoms with van der Waals surface area (Å²) in [5, 5.41) is 14.4. The first-order valence-corrected chi connectivity index (χ1v) is 9.19. The lowest BCUT2D eigenvalue weighted by Gasteiger charge is -2.29. The predicted octanol–water partition coefficient (Wildman–Crippen LogP) is 4.21. The number of allylic oxidation sites excluding steroid dienone is 2. The molecule has 0 aliphatic heterocycles. The molecule has 2 rings (SSSR count). The van der Waals surface area contributed by atoms with Gasteiger partial charge in [0.1, 0.15) is 12.4 Å². The fourth-order valence-electron chi connectivity index (χ4n) is 2.98. The van der Waals surface area contributed by atoms with Gasteiger partial charge in [-0.25, -0.2) is 0 Å². The molecule has 1 atom stereocenters. The first-order valence-electron chi connectivity index (χ1n) is 7.52. The molecule has 1 saturated carbocycles. The second-order valence-electron chi connectivity index (χ2n) is 5.67. The van der Waals surface area contributed by atoms with Gasteiger partial charge >= 0.3 is 0 Å². The maximum atomic E-state index is 12.5. The Morgan fingerprint density at radius 3 is 2.77 bits per heavy atom. The molecule has 1 N–H and O–H groups in total. The van der Waals surface area contributed by atoms with Crippen molar-refractivity contribution < 1.29 is 14.7 Å². The first-order chi connectivity index (χ1) is 10.6. The number of aliphatic hydroxyl groups is 1. The van der Waals surface area contributed by atoms with Gasteiger partial charge in [-0.1, -0.05) is 23.7 Å². The van der Waals surface area contributed by atoms with E-state index < -0.39 is 0 Å². The van der Waals surface area contributed by atoms with E-state index in [1.165, 1.54) is 5.54 Å². The van der Waals surface area contributed by atoms with Gasteiger partial charge in [-0.05, 0) is 37.5 Å². The second-order valence-corrected chi connectivity index (χ2v) is 7.14. The van der Waals surface area contributed by atoms with Crippen molar-refractivity contribution in [1.82, 2.24) is 0 Å². The summed E-state index contributed by atoms with van der Waals surface area (Å²) in [6.45, 7) is 2.14. The van der Waals surface area contributed by atoms with Crippen LogP contribution in [0.3, 0.4) is 0 Å². The fourth-order valence-corrected chi connectivity index (χ4v) is 4.06. The van der Waals surface area contributed by atoms with Crippen LogP contribution < -0.4 is 0 Å². The van der Waals surface area contributed by atoms with Gasteiger partial charge < -0.3 is 9.94 Å². The van der Waals surface area contributed by atoms with Gasteiger partial charge in [-0.15, -0.1) is 0 Å². The summed E-state index contributed by atoms with van der Waals surface area (Å²) < 4.78 is 0.195. The highest BCUT2D eigenvalue weighted by molar-refractivity contribution is 8.00. The van der Waals surface area contributed by atoms with Crippen LogP contribution in [0, 0.1) is 5.92 Å². The summed E-state index contributed by atoms with van der Waals surface area (Å²) in [6.07, 6.45) is 7.55. The van der Waals surface area contributed by atoms with Crippen molar-refractivity contribution in [3.05, 3.63) is 22.9 Å². The third-order valence-electron chi connectivity index (χ3n) is 4.39. The molecule has 0 aromatic carbocycles. The van der Waals surface area contributed by atoms with E-state index in [2.05, 4.69) is 11.4 Å². The first kappa shape index (κ1) is 17.4. The average molecular weight is 344 g/mol. The molecule has 0 radical (unpaired) electrons. The van der Waals surface area contributed by atoms with E-state index in [4.69, 9.17) is 16.4 Å². The summed E-state index contributed by atoms with van der Waals surface area (Å²) >= 11 is 7.23. The quantitative estimate of drug-likeness (QED) is 0.427. The van der Waals surface area contributed by atoms with Crippen LogP contribution in [0.25, 0.3) is 0 Å². The number of rotatable bonds is 7. The zero-order valence-electron chi connectivity index (χ0n) is 13.0. The molecule has 4 nitrogen and oxygen atoms in total. The SMILES string of the molecule is CC/C(=N\OC/C=C/Cl)C1=C(O)CC(C2(SC)CC2)CC1=O. The van der Waals surface area contributed by atoms with Gasteiger partial charge in [0.15, 0.2) is 5.78 Å². The standard InChI is InChI=1S/C16H22ClNO3S/c1-3-12(18-21-8-4-7-17)15-13(19)9-11(10-14(15)20)16(22-2)5-6-16/h4,7,11,19H,3,5-6,8-10H2,1-2H3/b7-4+,18-12+. The number of aliphatic hydroxyl groups excluding tert-OH is 1. The Bertz CT molecular complexity index is 523. The van der Waals surface area contributed by atoms with Crippen molar-refractivity contribution in [2.75, 3.05) is 12.9 Å². The minimum absolute atomic E-state index is 0.0221.